The van der Waals surface area contributed by atoms with Crippen LogP contribution in [0.5, 0.6) is 17.2 Å². The predicted molar refractivity (Wildman–Crippen MR) is 267 cm³/mol. The standard InChI is InChI=1S/C57H58N4O12/c1-34(2)47(53(65)71-5)58-56(68)60-43-23-22-35(15-12-13-26-62)29-42(43)57(55(60)67)46(52(64)59-25-24-38-31-44(69-3)45(70-4)32-40(38)33-59)49-54(66)73-50(37-18-10-7-11-19-37)48(36-16-8-6-9-17-36)61(49)51(57)39-20-14-21-41(30-39)72-28-27-63/h6-11,14,16-23,29-32,34,46-51,62-63H,13,24-28,33H2,1-5H3,(H,58,68). The third kappa shape index (κ3) is 8.91. The van der Waals surface area contributed by atoms with Crippen molar-refractivity contribution in [1.29, 1.82) is 0 Å². The fraction of sp³-hybridized carbons (Fsp3) is 0.351. The molecule has 9 rings (SSSR count). The first-order valence-electron chi connectivity index (χ1n) is 24.3. The van der Waals surface area contributed by atoms with Crippen LogP contribution in [0.3, 0.4) is 0 Å². The van der Waals surface area contributed by atoms with Gasteiger partial charge in [-0.1, -0.05) is 98.5 Å². The number of hydrogen-bond acceptors (Lipinski definition) is 13. The van der Waals surface area contributed by atoms with Crippen molar-refractivity contribution in [3.05, 3.63) is 154 Å². The van der Waals surface area contributed by atoms with Crippen molar-refractivity contribution in [2.45, 2.75) is 68.9 Å². The number of urea groups is 1. The maximum Gasteiger partial charge on any atom is 0.329 e. The number of benzene rings is 5. The summed E-state index contributed by atoms with van der Waals surface area (Å²) in [7, 11) is 4.29. The van der Waals surface area contributed by atoms with E-state index >= 15 is 19.2 Å². The second kappa shape index (κ2) is 21.2. The number of rotatable bonds is 13. The summed E-state index contributed by atoms with van der Waals surface area (Å²) < 4.78 is 29.1. The number of fused-ring (bicyclic) bond motifs is 4. The summed E-state index contributed by atoms with van der Waals surface area (Å²) >= 11 is 0. The Kier molecular flexibility index (Phi) is 14.6. The highest BCUT2D eigenvalue weighted by Gasteiger charge is 2.76. The number of methoxy groups -OCH3 is 3. The van der Waals surface area contributed by atoms with Gasteiger partial charge in [0.25, 0.3) is 0 Å². The molecule has 5 aromatic carbocycles. The van der Waals surface area contributed by atoms with Gasteiger partial charge in [0.05, 0.1) is 58.2 Å². The SMILES string of the molecule is COC(=O)C(NC(=O)N1C(=O)C2(c3cc(C#CCCO)ccc31)C(C(=O)N1CCc3cc(OC)c(OC)cc3C1)C1C(=O)OC(c3ccccc3)C(c3ccccc3)N1C2c1cccc(OCCO)c1)C(C)C. The number of cyclic esters (lactones) is 1. The molecule has 16 nitrogen and oxygen atoms in total. The van der Waals surface area contributed by atoms with Gasteiger partial charge in [0, 0.05) is 25.1 Å². The van der Waals surface area contributed by atoms with Gasteiger partial charge < -0.3 is 44.1 Å². The molecule has 1 spiro atoms. The van der Waals surface area contributed by atoms with Crippen LogP contribution in [-0.4, -0.2) is 110 Å². The van der Waals surface area contributed by atoms with Crippen LogP contribution in [0.25, 0.3) is 0 Å². The highest BCUT2D eigenvalue weighted by atomic mass is 16.6. The Morgan fingerprint density at radius 3 is 2.15 bits per heavy atom. The highest BCUT2D eigenvalue weighted by Crippen LogP contribution is 2.66. The summed E-state index contributed by atoms with van der Waals surface area (Å²) in [5.41, 5.74) is 2.10. The van der Waals surface area contributed by atoms with Gasteiger partial charge in [-0.15, -0.1) is 0 Å². The van der Waals surface area contributed by atoms with E-state index in [0.717, 1.165) is 16.0 Å². The molecular formula is C57H58N4O12. The second-order valence-electron chi connectivity index (χ2n) is 18.7. The molecule has 0 saturated carbocycles. The highest BCUT2D eigenvalue weighted by molar-refractivity contribution is 6.25. The molecule has 0 aliphatic carbocycles. The Hall–Kier alpha value is -7.71. The van der Waals surface area contributed by atoms with Crippen molar-refractivity contribution in [2.75, 3.05) is 52.6 Å². The first-order chi connectivity index (χ1) is 35.4. The Balaban J connectivity index is 1.36. The quantitative estimate of drug-likeness (QED) is 0.0925. The minimum Gasteiger partial charge on any atom is -0.493 e. The number of carbonyl (C=O) groups is 5. The van der Waals surface area contributed by atoms with Crippen LogP contribution in [0.4, 0.5) is 10.5 Å². The molecule has 3 N–H and O–H groups in total. The monoisotopic (exact) mass is 990 g/mol. The van der Waals surface area contributed by atoms with Crippen LogP contribution in [0, 0.1) is 23.7 Å². The molecule has 4 amide bonds. The van der Waals surface area contributed by atoms with E-state index in [9.17, 15) is 15.0 Å². The van der Waals surface area contributed by atoms with Crippen molar-refractivity contribution in [3.63, 3.8) is 0 Å². The van der Waals surface area contributed by atoms with Crippen molar-refractivity contribution < 1.29 is 57.9 Å². The Morgan fingerprint density at radius 1 is 0.808 bits per heavy atom. The molecule has 2 saturated heterocycles. The molecule has 5 aromatic rings. The lowest BCUT2D eigenvalue weighted by Crippen LogP contribution is -2.58. The third-order valence-corrected chi connectivity index (χ3v) is 14.4. The first kappa shape index (κ1) is 50.2. The zero-order chi connectivity index (χ0) is 51.6. The number of carbonyl (C=O) groups excluding carboxylic acids is 5. The topological polar surface area (TPSA) is 194 Å². The number of aliphatic hydroxyl groups excluding tert-OH is 2. The smallest absolute Gasteiger partial charge is 0.329 e. The molecule has 4 heterocycles. The fourth-order valence-electron chi connectivity index (χ4n) is 11.2. The van der Waals surface area contributed by atoms with Gasteiger partial charge in [0.1, 0.15) is 36.0 Å². The lowest BCUT2D eigenvalue weighted by molar-refractivity contribution is -0.179. The number of morpholine rings is 1. The van der Waals surface area contributed by atoms with E-state index in [2.05, 4.69) is 17.2 Å². The molecule has 4 aliphatic heterocycles. The molecule has 0 bridgehead atoms. The fourth-order valence-corrected chi connectivity index (χ4v) is 11.2. The van der Waals surface area contributed by atoms with Gasteiger partial charge in [-0.05, 0) is 88.2 Å². The maximum atomic E-state index is 16.9. The van der Waals surface area contributed by atoms with Crippen LogP contribution < -0.4 is 24.4 Å². The molecule has 0 aromatic heterocycles. The average Bonchev–Trinajstić information content (AvgIpc) is 3.91. The van der Waals surface area contributed by atoms with Gasteiger partial charge in [0.2, 0.25) is 11.8 Å². The number of hydrogen-bond donors (Lipinski definition) is 3. The molecule has 378 valence electrons. The van der Waals surface area contributed by atoms with Crippen molar-refractivity contribution in [2.24, 2.45) is 11.8 Å². The van der Waals surface area contributed by atoms with Crippen LogP contribution in [0.15, 0.2) is 115 Å². The average molecular weight is 991 g/mol. The summed E-state index contributed by atoms with van der Waals surface area (Å²) in [6.07, 6.45) is -0.445. The lowest BCUT2D eigenvalue weighted by Gasteiger charge is -2.46. The molecule has 2 fully saturated rings. The molecule has 4 aliphatic rings. The van der Waals surface area contributed by atoms with Gasteiger partial charge in [0.15, 0.2) is 11.5 Å². The minimum absolute atomic E-state index is 0.0579. The normalized spacial score (nSPS) is 22.3. The number of amides is 4. The number of imide groups is 1. The summed E-state index contributed by atoms with van der Waals surface area (Å²) in [5.74, 6) is 2.43. The number of ether oxygens (including phenoxy) is 5. The van der Waals surface area contributed by atoms with Crippen LogP contribution in [0.1, 0.15) is 77.4 Å². The molecule has 7 atom stereocenters. The zero-order valence-electron chi connectivity index (χ0n) is 41.3. The van der Waals surface area contributed by atoms with E-state index in [4.69, 9.17) is 23.7 Å². The van der Waals surface area contributed by atoms with E-state index in [-0.39, 0.29) is 50.6 Å². The number of nitrogens with zero attached hydrogens (tertiary/aromatic N) is 3. The van der Waals surface area contributed by atoms with Crippen LogP contribution in [-0.2, 0) is 47.0 Å². The van der Waals surface area contributed by atoms with Crippen LogP contribution in [0.2, 0.25) is 0 Å². The lowest BCUT2D eigenvalue weighted by atomic mass is 9.64. The van der Waals surface area contributed by atoms with E-state index in [1.807, 2.05) is 77.7 Å². The second-order valence-corrected chi connectivity index (χ2v) is 18.7. The number of aliphatic hydroxyl groups is 2. The Labute approximate surface area is 423 Å². The number of anilines is 1. The van der Waals surface area contributed by atoms with Crippen molar-refractivity contribution in [3.8, 4) is 29.1 Å². The van der Waals surface area contributed by atoms with Gasteiger partial charge >= 0.3 is 18.0 Å². The summed E-state index contributed by atoms with van der Waals surface area (Å²) in [5, 5.41) is 22.4. The summed E-state index contributed by atoms with van der Waals surface area (Å²) in [6, 6.07) is 28.6. The molecule has 7 unspecified atom stereocenters. The van der Waals surface area contributed by atoms with Crippen molar-refractivity contribution in [1.82, 2.24) is 15.1 Å². The van der Waals surface area contributed by atoms with E-state index in [0.29, 0.717) is 45.9 Å². The Bertz CT molecular complexity index is 2970. The van der Waals surface area contributed by atoms with Gasteiger partial charge in [-0.25, -0.2) is 14.5 Å². The van der Waals surface area contributed by atoms with Gasteiger partial charge in [-0.3, -0.25) is 19.3 Å². The molecular weight excluding hydrogens is 933 g/mol. The number of esters is 2. The predicted octanol–water partition coefficient (Wildman–Crippen LogP) is 5.97. The van der Waals surface area contributed by atoms with E-state index < -0.39 is 77.3 Å². The summed E-state index contributed by atoms with van der Waals surface area (Å²) in [4.78, 5) is 82.1. The first-order valence-corrected chi connectivity index (χ1v) is 24.3. The molecule has 0 radical (unpaired) electrons. The summed E-state index contributed by atoms with van der Waals surface area (Å²) in [6.45, 7) is 3.16. The minimum atomic E-state index is -2.15. The Morgan fingerprint density at radius 2 is 1.49 bits per heavy atom. The van der Waals surface area contributed by atoms with Gasteiger partial charge in [-0.2, -0.15) is 0 Å². The van der Waals surface area contributed by atoms with E-state index in [1.165, 1.54) is 14.2 Å². The zero-order valence-corrected chi connectivity index (χ0v) is 41.3. The maximum absolute atomic E-state index is 16.9. The molecule has 73 heavy (non-hydrogen) atoms. The largest absolute Gasteiger partial charge is 0.493 e. The molecule has 16 heteroatoms. The third-order valence-electron chi connectivity index (χ3n) is 14.4. The van der Waals surface area contributed by atoms with Crippen molar-refractivity contribution >= 4 is 35.5 Å². The van der Waals surface area contributed by atoms with Crippen LogP contribution >= 0.6 is 0 Å². The van der Waals surface area contributed by atoms with E-state index in [1.54, 1.807) is 68.3 Å². The number of nitrogens with one attached hydrogen (secondary N) is 1.